The molecule has 5 heteroatoms. The fourth-order valence-corrected chi connectivity index (χ4v) is 1.26. The van der Waals surface area contributed by atoms with Gasteiger partial charge in [0.2, 0.25) is 5.91 Å². The third-order valence-corrected chi connectivity index (χ3v) is 1.84. The Balaban J connectivity index is 2.57. The number of carbonyl (C=O) groups excluding carboxylic acids is 1. The van der Waals surface area contributed by atoms with Crippen LogP contribution in [0, 0.1) is 0 Å². The van der Waals surface area contributed by atoms with Crippen LogP contribution < -0.4 is 15.4 Å². The van der Waals surface area contributed by atoms with Gasteiger partial charge in [-0.2, -0.15) is 0 Å². The Morgan fingerprint density at radius 3 is 2.40 bits per heavy atom. The van der Waals surface area contributed by atoms with Crippen LogP contribution in [0.2, 0.25) is 0 Å². The summed E-state index contributed by atoms with van der Waals surface area (Å²) in [5, 5.41) is 5.62. The lowest BCUT2D eigenvalue weighted by Crippen LogP contribution is -2.32. The van der Waals surface area contributed by atoms with Gasteiger partial charge < -0.3 is 15.4 Å². The number of hydrogen-bond acceptors (Lipinski definition) is 3. The molecule has 0 aliphatic heterocycles. The average molecular weight is 224 g/mol. The SMILES string of the molecule is COc1ccc(NC(=S)NC(C)=O)cc1. The molecular formula is C10H12N2O2S. The molecule has 4 nitrogen and oxygen atoms in total. The number of methoxy groups -OCH3 is 1. The van der Waals surface area contributed by atoms with Gasteiger partial charge in [0.1, 0.15) is 5.75 Å². The molecule has 0 radical (unpaired) electrons. The normalized spacial score (nSPS) is 9.20. The summed E-state index contributed by atoms with van der Waals surface area (Å²) >= 11 is 4.90. The van der Waals surface area contributed by atoms with Crippen molar-refractivity contribution in [2.45, 2.75) is 6.92 Å². The van der Waals surface area contributed by atoms with Gasteiger partial charge in [-0.15, -0.1) is 0 Å². The highest BCUT2D eigenvalue weighted by molar-refractivity contribution is 7.80. The number of nitrogens with one attached hydrogen (secondary N) is 2. The third-order valence-electron chi connectivity index (χ3n) is 1.64. The van der Waals surface area contributed by atoms with Crippen LogP contribution in [-0.4, -0.2) is 18.1 Å². The van der Waals surface area contributed by atoms with E-state index in [2.05, 4.69) is 10.6 Å². The van der Waals surface area contributed by atoms with Gasteiger partial charge in [0.05, 0.1) is 7.11 Å². The second-order valence-corrected chi connectivity index (χ2v) is 3.27. The maximum absolute atomic E-state index is 10.7. The van der Waals surface area contributed by atoms with E-state index in [9.17, 15) is 4.79 Å². The van der Waals surface area contributed by atoms with Crippen molar-refractivity contribution < 1.29 is 9.53 Å². The number of rotatable bonds is 2. The Hall–Kier alpha value is -1.62. The number of anilines is 1. The lowest BCUT2D eigenvalue weighted by Gasteiger charge is -2.08. The Morgan fingerprint density at radius 2 is 1.93 bits per heavy atom. The molecule has 1 amide bonds. The molecule has 2 N–H and O–H groups in total. The van der Waals surface area contributed by atoms with Crippen molar-refractivity contribution in [1.82, 2.24) is 5.32 Å². The van der Waals surface area contributed by atoms with Crippen LogP contribution in [0.3, 0.4) is 0 Å². The molecule has 15 heavy (non-hydrogen) atoms. The molecule has 1 rings (SSSR count). The van der Waals surface area contributed by atoms with Crippen molar-refractivity contribution in [3.05, 3.63) is 24.3 Å². The highest BCUT2D eigenvalue weighted by Crippen LogP contribution is 2.14. The topological polar surface area (TPSA) is 50.4 Å². The smallest absolute Gasteiger partial charge is 0.222 e. The molecule has 0 saturated carbocycles. The minimum atomic E-state index is -0.194. The molecule has 0 aliphatic carbocycles. The zero-order chi connectivity index (χ0) is 11.3. The zero-order valence-electron chi connectivity index (χ0n) is 8.53. The van der Waals surface area contributed by atoms with E-state index in [-0.39, 0.29) is 11.0 Å². The molecule has 0 spiro atoms. The van der Waals surface area contributed by atoms with Crippen LogP contribution >= 0.6 is 12.2 Å². The fraction of sp³-hybridized carbons (Fsp3) is 0.200. The van der Waals surface area contributed by atoms with Gasteiger partial charge >= 0.3 is 0 Å². The van der Waals surface area contributed by atoms with E-state index in [1.54, 1.807) is 19.2 Å². The van der Waals surface area contributed by atoms with E-state index in [4.69, 9.17) is 17.0 Å². The van der Waals surface area contributed by atoms with Crippen LogP contribution in [-0.2, 0) is 4.79 Å². The molecule has 1 aromatic rings. The Labute approximate surface area is 93.6 Å². The molecule has 80 valence electrons. The second kappa shape index (κ2) is 5.31. The van der Waals surface area contributed by atoms with E-state index in [1.807, 2.05) is 12.1 Å². The van der Waals surface area contributed by atoms with E-state index in [1.165, 1.54) is 6.92 Å². The van der Waals surface area contributed by atoms with Crippen LogP contribution in [0.25, 0.3) is 0 Å². The maximum Gasteiger partial charge on any atom is 0.222 e. The first-order chi connectivity index (χ1) is 7.11. The third kappa shape index (κ3) is 3.95. The number of benzene rings is 1. The second-order valence-electron chi connectivity index (χ2n) is 2.86. The number of amides is 1. The summed E-state index contributed by atoms with van der Waals surface area (Å²) in [5.41, 5.74) is 0.801. The number of thiocarbonyl (C=S) groups is 1. The molecular weight excluding hydrogens is 212 g/mol. The quantitative estimate of drug-likeness (QED) is 0.748. The molecule has 0 heterocycles. The van der Waals surface area contributed by atoms with Crippen molar-refractivity contribution in [2.75, 3.05) is 12.4 Å². The molecule has 0 bridgehead atoms. The minimum Gasteiger partial charge on any atom is -0.497 e. The highest BCUT2D eigenvalue weighted by Gasteiger charge is 1.99. The number of carbonyl (C=O) groups is 1. The largest absolute Gasteiger partial charge is 0.497 e. The van der Waals surface area contributed by atoms with Gasteiger partial charge in [-0.25, -0.2) is 0 Å². The fourth-order valence-electron chi connectivity index (χ4n) is 0.997. The minimum absolute atomic E-state index is 0.194. The molecule has 0 fully saturated rings. The van der Waals surface area contributed by atoms with E-state index in [0.717, 1.165) is 11.4 Å². The summed E-state index contributed by atoms with van der Waals surface area (Å²) in [6.45, 7) is 1.40. The molecule has 0 unspecified atom stereocenters. The Kier molecular flexibility index (Phi) is 4.05. The van der Waals surface area contributed by atoms with Crippen molar-refractivity contribution in [2.24, 2.45) is 0 Å². The number of hydrogen-bond donors (Lipinski definition) is 2. The lowest BCUT2D eigenvalue weighted by atomic mass is 10.3. The van der Waals surface area contributed by atoms with Crippen LogP contribution in [0.1, 0.15) is 6.92 Å². The van der Waals surface area contributed by atoms with E-state index >= 15 is 0 Å². The van der Waals surface area contributed by atoms with Crippen molar-refractivity contribution in [3.8, 4) is 5.75 Å². The monoisotopic (exact) mass is 224 g/mol. The summed E-state index contributed by atoms with van der Waals surface area (Å²) in [4.78, 5) is 10.7. The predicted octanol–water partition coefficient (Wildman–Crippen LogP) is 1.53. The van der Waals surface area contributed by atoms with Gasteiger partial charge in [-0.05, 0) is 36.5 Å². The molecule has 1 aromatic carbocycles. The van der Waals surface area contributed by atoms with Crippen molar-refractivity contribution in [1.29, 1.82) is 0 Å². The summed E-state index contributed by atoms with van der Waals surface area (Å²) in [5.74, 6) is 0.576. The summed E-state index contributed by atoms with van der Waals surface area (Å²) < 4.78 is 5.01. The summed E-state index contributed by atoms with van der Waals surface area (Å²) in [6.07, 6.45) is 0. The molecule has 0 saturated heterocycles. The van der Waals surface area contributed by atoms with E-state index < -0.39 is 0 Å². The average Bonchev–Trinajstić information content (AvgIpc) is 2.17. The van der Waals surface area contributed by atoms with Crippen LogP contribution in [0.15, 0.2) is 24.3 Å². The van der Waals surface area contributed by atoms with Gasteiger partial charge in [0.25, 0.3) is 0 Å². The number of ether oxygens (including phenoxy) is 1. The predicted molar refractivity (Wildman–Crippen MR) is 63.0 cm³/mol. The van der Waals surface area contributed by atoms with Gasteiger partial charge in [0, 0.05) is 12.6 Å². The first-order valence-electron chi connectivity index (χ1n) is 4.34. The van der Waals surface area contributed by atoms with Crippen molar-refractivity contribution >= 4 is 28.9 Å². The standard InChI is InChI=1S/C10H12N2O2S/c1-7(13)11-10(15)12-8-3-5-9(14-2)6-4-8/h3-6H,1-2H3,(H2,11,12,13,15). The van der Waals surface area contributed by atoms with Gasteiger partial charge in [-0.3, -0.25) is 4.79 Å². The maximum atomic E-state index is 10.7. The van der Waals surface area contributed by atoms with Crippen LogP contribution in [0.4, 0.5) is 5.69 Å². The Morgan fingerprint density at radius 1 is 1.33 bits per heavy atom. The van der Waals surface area contributed by atoms with Gasteiger partial charge in [-0.1, -0.05) is 0 Å². The Bertz CT molecular complexity index is 362. The molecule has 0 atom stereocenters. The first-order valence-corrected chi connectivity index (χ1v) is 4.75. The van der Waals surface area contributed by atoms with Gasteiger partial charge in [0.15, 0.2) is 5.11 Å². The first kappa shape index (κ1) is 11.5. The zero-order valence-corrected chi connectivity index (χ0v) is 9.35. The van der Waals surface area contributed by atoms with Crippen LogP contribution in [0.5, 0.6) is 5.75 Å². The highest BCUT2D eigenvalue weighted by atomic mass is 32.1. The van der Waals surface area contributed by atoms with Crippen molar-refractivity contribution in [3.63, 3.8) is 0 Å². The summed E-state index contributed by atoms with van der Waals surface area (Å²) in [7, 11) is 1.60. The lowest BCUT2D eigenvalue weighted by molar-refractivity contribution is -0.117. The molecule has 0 aromatic heterocycles. The molecule has 0 aliphatic rings. The van der Waals surface area contributed by atoms with E-state index in [0.29, 0.717) is 0 Å². The summed E-state index contributed by atoms with van der Waals surface area (Å²) in [6, 6.07) is 7.23.